The van der Waals surface area contributed by atoms with Crippen LogP contribution < -0.4 is 11.1 Å². The van der Waals surface area contributed by atoms with Gasteiger partial charge in [0.05, 0.1) is 0 Å². The highest BCUT2D eigenvalue weighted by Crippen LogP contribution is 2.30. The summed E-state index contributed by atoms with van der Waals surface area (Å²) in [5.74, 6) is 0.502. The number of benzene rings is 2. The summed E-state index contributed by atoms with van der Waals surface area (Å²) < 4.78 is 0. The molecule has 0 spiro atoms. The average Bonchev–Trinajstić information content (AvgIpc) is 3.38. The number of aromatic amines is 1. The quantitative estimate of drug-likeness (QED) is 0.488. The van der Waals surface area contributed by atoms with Crippen molar-refractivity contribution in [2.45, 2.75) is 38.6 Å². The van der Waals surface area contributed by atoms with Crippen molar-refractivity contribution in [1.82, 2.24) is 30.8 Å². The van der Waals surface area contributed by atoms with E-state index in [-0.39, 0.29) is 12.6 Å². The molecular formula is C24H29N7O2. The van der Waals surface area contributed by atoms with Crippen molar-refractivity contribution in [2.24, 2.45) is 11.7 Å². The molecule has 1 heterocycles. The predicted molar refractivity (Wildman–Crippen MR) is 125 cm³/mol. The van der Waals surface area contributed by atoms with E-state index in [0.29, 0.717) is 24.8 Å². The third-order valence-electron chi connectivity index (χ3n) is 6.05. The van der Waals surface area contributed by atoms with E-state index in [1.807, 2.05) is 48.5 Å². The number of nitrogens with two attached hydrogens (primary N) is 1. The van der Waals surface area contributed by atoms with Crippen LogP contribution in [0.4, 0.5) is 4.79 Å². The van der Waals surface area contributed by atoms with Gasteiger partial charge < -0.3 is 16.0 Å². The number of nitrogens with one attached hydrogen (secondary N) is 2. The number of primary amides is 1. The van der Waals surface area contributed by atoms with Crippen LogP contribution >= 0.6 is 0 Å². The van der Waals surface area contributed by atoms with Gasteiger partial charge in [0.15, 0.2) is 0 Å². The molecule has 0 unspecified atom stereocenters. The molecule has 3 aromatic rings. The van der Waals surface area contributed by atoms with E-state index in [2.05, 4.69) is 25.9 Å². The molecule has 1 aromatic heterocycles. The zero-order valence-corrected chi connectivity index (χ0v) is 18.5. The van der Waals surface area contributed by atoms with E-state index in [0.717, 1.165) is 35.1 Å². The van der Waals surface area contributed by atoms with Crippen LogP contribution in [0, 0.1) is 5.92 Å². The van der Waals surface area contributed by atoms with Crippen molar-refractivity contribution in [3.05, 3.63) is 54.1 Å². The van der Waals surface area contributed by atoms with Gasteiger partial charge in [-0.2, -0.15) is 5.21 Å². The van der Waals surface area contributed by atoms with E-state index in [1.54, 1.807) is 0 Å². The van der Waals surface area contributed by atoms with Gasteiger partial charge >= 0.3 is 6.03 Å². The molecule has 3 amide bonds. The Morgan fingerprint density at radius 1 is 1.03 bits per heavy atom. The Balaban J connectivity index is 1.45. The van der Waals surface area contributed by atoms with Crippen LogP contribution in [0.1, 0.15) is 37.7 Å². The fourth-order valence-corrected chi connectivity index (χ4v) is 4.34. The minimum atomic E-state index is -0.534. The number of hydrogen-bond donors (Lipinski definition) is 3. The second-order valence-electron chi connectivity index (χ2n) is 8.49. The number of aromatic nitrogens is 4. The van der Waals surface area contributed by atoms with Gasteiger partial charge in [-0.05, 0) is 40.7 Å². The molecule has 0 radical (unpaired) electrons. The van der Waals surface area contributed by atoms with Gasteiger partial charge in [-0.25, -0.2) is 4.79 Å². The lowest BCUT2D eigenvalue weighted by Gasteiger charge is -2.25. The molecule has 1 saturated carbocycles. The molecule has 33 heavy (non-hydrogen) atoms. The molecule has 0 bridgehead atoms. The summed E-state index contributed by atoms with van der Waals surface area (Å²) in [5, 5.41) is 17.3. The summed E-state index contributed by atoms with van der Waals surface area (Å²) in [7, 11) is 0. The number of carbonyl (C=O) groups excluding carboxylic acids is 2. The van der Waals surface area contributed by atoms with Gasteiger partial charge in [-0.1, -0.05) is 67.8 Å². The lowest BCUT2D eigenvalue weighted by molar-refractivity contribution is -0.118. The van der Waals surface area contributed by atoms with E-state index < -0.39 is 5.91 Å². The van der Waals surface area contributed by atoms with Crippen molar-refractivity contribution in [3.63, 3.8) is 0 Å². The summed E-state index contributed by atoms with van der Waals surface area (Å²) in [4.78, 5) is 25.8. The number of amides is 3. The van der Waals surface area contributed by atoms with E-state index in [9.17, 15) is 9.59 Å². The topological polar surface area (TPSA) is 130 Å². The lowest BCUT2D eigenvalue weighted by Crippen LogP contribution is -2.45. The molecule has 0 aliphatic heterocycles. The maximum absolute atomic E-state index is 12.8. The molecule has 0 atom stereocenters. The van der Waals surface area contributed by atoms with Gasteiger partial charge in [-0.3, -0.25) is 4.79 Å². The van der Waals surface area contributed by atoms with Crippen LogP contribution in [0.25, 0.3) is 22.5 Å². The number of H-pyrrole nitrogens is 1. The van der Waals surface area contributed by atoms with Crippen LogP contribution in [-0.4, -0.2) is 50.6 Å². The minimum Gasteiger partial charge on any atom is -0.368 e. The van der Waals surface area contributed by atoms with E-state index in [1.165, 1.54) is 24.2 Å². The Morgan fingerprint density at radius 2 is 1.76 bits per heavy atom. The highest BCUT2D eigenvalue weighted by molar-refractivity contribution is 5.83. The normalized spacial score (nSPS) is 14.1. The SMILES string of the molecule is NC(=O)CN(Cc1ccc(-c2ccccc2-c2nn[nH]n2)cc1)C(=O)NCC1CCCCC1. The van der Waals surface area contributed by atoms with Crippen LogP contribution in [0.2, 0.25) is 0 Å². The molecule has 1 aliphatic carbocycles. The molecule has 2 aromatic carbocycles. The summed E-state index contributed by atoms with van der Waals surface area (Å²) in [6.45, 7) is 0.811. The maximum Gasteiger partial charge on any atom is 0.318 e. The van der Waals surface area contributed by atoms with Crippen molar-refractivity contribution in [3.8, 4) is 22.5 Å². The molecule has 4 rings (SSSR count). The molecule has 4 N–H and O–H groups in total. The third kappa shape index (κ3) is 5.94. The molecular weight excluding hydrogens is 418 g/mol. The summed E-state index contributed by atoms with van der Waals surface area (Å²) in [5.41, 5.74) is 9.15. The third-order valence-corrected chi connectivity index (χ3v) is 6.05. The summed E-state index contributed by atoms with van der Waals surface area (Å²) in [6, 6.07) is 15.4. The first kappa shape index (κ1) is 22.4. The first-order valence-electron chi connectivity index (χ1n) is 11.3. The van der Waals surface area contributed by atoms with Crippen molar-refractivity contribution >= 4 is 11.9 Å². The molecule has 1 aliphatic rings. The first-order valence-corrected chi connectivity index (χ1v) is 11.3. The van der Waals surface area contributed by atoms with Gasteiger partial charge in [0.25, 0.3) is 0 Å². The Kier molecular flexibility index (Phi) is 7.29. The molecule has 172 valence electrons. The van der Waals surface area contributed by atoms with E-state index >= 15 is 0 Å². The number of tetrazole rings is 1. The fraction of sp³-hybridized carbons (Fsp3) is 0.375. The molecule has 1 fully saturated rings. The Hall–Kier alpha value is -3.75. The number of hydrogen-bond acceptors (Lipinski definition) is 5. The molecule has 9 heteroatoms. The number of urea groups is 1. The number of rotatable bonds is 8. The van der Waals surface area contributed by atoms with Gasteiger partial charge in [0, 0.05) is 18.7 Å². The summed E-state index contributed by atoms with van der Waals surface area (Å²) in [6.07, 6.45) is 5.99. The number of carbonyl (C=O) groups is 2. The van der Waals surface area contributed by atoms with Crippen LogP contribution in [-0.2, 0) is 11.3 Å². The maximum atomic E-state index is 12.8. The first-order chi connectivity index (χ1) is 16.1. The lowest BCUT2D eigenvalue weighted by atomic mass is 9.89. The van der Waals surface area contributed by atoms with Crippen molar-refractivity contribution < 1.29 is 9.59 Å². The zero-order chi connectivity index (χ0) is 23.0. The average molecular weight is 448 g/mol. The zero-order valence-electron chi connectivity index (χ0n) is 18.5. The highest BCUT2D eigenvalue weighted by atomic mass is 16.2. The monoisotopic (exact) mass is 447 g/mol. The fourth-order valence-electron chi connectivity index (χ4n) is 4.34. The van der Waals surface area contributed by atoms with Crippen LogP contribution in [0.5, 0.6) is 0 Å². The minimum absolute atomic E-state index is 0.126. The molecule has 9 nitrogen and oxygen atoms in total. The summed E-state index contributed by atoms with van der Waals surface area (Å²) >= 11 is 0. The van der Waals surface area contributed by atoms with E-state index in [4.69, 9.17) is 5.73 Å². The van der Waals surface area contributed by atoms with Crippen molar-refractivity contribution in [2.75, 3.05) is 13.1 Å². The van der Waals surface area contributed by atoms with Gasteiger partial charge in [0.1, 0.15) is 6.54 Å². The van der Waals surface area contributed by atoms with Gasteiger partial charge in [0.2, 0.25) is 11.7 Å². The largest absolute Gasteiger partial charge is 0.368 e. The second-order valence-corrected chi connectivity index (χ2v) is 8.49. The Labute approximate surface area is 192 Å². The second kappa shape index (κ2) is 10.7. The van der Waals surface area contributed by atoms with Crippen LogP contribution in [0.3, 0.4) is 0 Å². The smallest absolute Gasteiger partial charge is 0.318 e. The van der Waals surface area contributed by atoms with Crippen molar-refractivity contribution in [1.29, 1.82) is 0 Å². The van der Waals surface area contributed by atoms with Gasteiger partial charge in [-0.15, -0.1) is 10.2 Å². The molecule has 0 saturated heterocycles. The van der Waals surface area contributed by atoms with Crippen LogP contribution in [0.15, 0.2) is 48.5 Å². The predicted octanol–water partition coefficient (Wildman–Crippen LogP) is 3.11. The number of nitrogens with zero attached hydrogens (tertiary/aromatic N) is 4. The highest BCUT2D eigenvalue weighted by Gasteiger charge is 2.19. The standard InChI is InChI=1S/C24H29N7O2/c25-22(32)16-31(24(33)26-14-17-6-2-1-3-7-17)15-18-10-12-19(13-11-18)20-8-4-5-9-21(20)23-27-29-30-28-23/h4-5,8-13,17H,1-3,6-7,14-16H2,(H2,25,32)(H,26,33)(H,27,28,29,30). The Morgan fingerprint density at radius 3 is 2.42 bits per heavy atom. The Bertz CT molecular complexity index is 1060.